The standard InChI is InChI=1S/C32H45ClN4O7S/c1-31(2,3)44-30(41)35-25-14-8-6-4-5-7-12-23-20-32(23,21-27(38)26-15-10-18-37(26)28(25)39)29(40)36-45(42,43)34-17-16-22-11-9-13-24(33)19-22/h7,9,11-13,19,23,25-26,34H,4-6,8,10,14-18,20-21H2,1-3H3,(H,35,41)(H,36,40)/b12-7-/t23-,25+,26+,32-/m1/s1. The van der Waals surface area contributed by atoms with Gasteiger partial charge in [0.2, 0.25) is 11.8 Å². The molecular weight excluding hydrogens is 620 g/mol. The topological polar surface area (TPSA) is 151 Å². The summed E-state index contributed by atoms with van der Waals surface area (Å²) >= 11 is 6.01. The lowest BCUT2D eigenvalue weighted by Gasteiger charge is -2.30. The van der Waals surface area contributed by atoms with E-state index in [0.717, 1.165) is 24.8 Å². The Balaban J connectivity index is 1.47. The summed E-state index contributed by atoms with van der Waals surface area (Å²) in [6.45, 7) is 5.64. The number of alkyl carbamates (subject to hydrolysis) is 1. The lowest BCUT2D eigenvalue weighted by Crippen LogP contribution is -2.53. The van der Waals surface area contributed by atoms with Crippen molar-refractivity contribution < 1.29 is 32.3 Å². The van der Waals surface area contributed by atoms with Gasteiger partial charge in [-0.3, -0.25) is 14.4 Å². The van der Waals surface area contributed by atoms with Gasteiger partial charge in [-0.25, -0.2) is 9.52 Å². The second-order valence-electron chi connectivity index (χ2n) is 13.3. The summed E-state index contributed by atoms with van der Waals surface area (Å²) in [4.78, 5) is 55.2. The highest BCUT2D eigenvalue weighted by atomic mass is 35.5. The van der Waals surface area contributed by atoms with E-state index >= 15 is 0 Å². The van der Waals surface area contributed by atoms with Crippen molar-refractivity contribution in [2.75, 3.05) is 13.1 Å². The van der Waals surface area contributed by atoms with E-state index in [9.17, 15) is 27.6 Å². The molecule has 0 unspecified atom stereocenters. The largest absolute Gasteiger partial charge is 0.444 e. The quantitative estimate of drug-likeness (QED) is 0.370. The van der Waals surface area contributed by atoms with Gasteiger partial charge in [0, 0.05) is 24.5 Å². The zero-order valence-electron chi connectivity index (χ0n) is 26.3. The van der Waals surface area contributed by atoms with E-state index in [2.05, 4.69) is 14.8 Å². The zero-order valence-corrected chi connectivity index (χ0v) is 27.8. The number of halogens is 1. The molecule has 3 aliphatic rings. The molecule has 4 atom stereocenters. The Morgan fingerprint density at radius 2 is 1.89 bits per heavy atom. The van der Waals surface area contributed by atoms with Crippen LogP contribution in [0.1, 0.15) is 84.1 Å². The molecule has 2 heterocycles. The van der Waals surface area contributed by atoms with Crippen molar-refractivity contribution in [3.63, 3.8) is 0 Å². The predicted octanol–water partition coefficient (Wildman–Crippen LogP) is 4.20. The Morgan fingerprint density at radius 3 is 2.62 bits per heavy atom. The van der Waals surface area contributed by atoms with E-state index in [4.69, 9.17) is 16.3 Å². The fourth-order valence-electron chi connectivity index (χ4n) is 6.16. The SMILES string of the molecule is CC(C)(C)OC(=O)N[C@H]1CCCCC/C=C\[C@@H]2C[C@@]2(C(=O)NS(=O)(=O)NCCc2cccc(Cl)c2)CC(=O)[C@@H]2CCCN2C1=O. The third-order valence-corrected chi connectivity index (χ3v) is 9.80. The van der Waals surface area contributed by atoms with Crippen LogP contribution in [0, 0.1) is 11.3 Å². The molecule has 0 radical (unpaired) electrons. The van der Waals surface area contributed by atoms with Crippen LogP contribution in [0.3, 0.4) is 0 Å². The number of allylic oxidation sites excluding steroid dienone is 2. The maximum absolute atomic E-state index is 13.8. The Hall–Kier alpha value is -2.96. The Labute approximate surface area is 271 Å². The summed E-state index contributed by atoms with van der Waals surface area (Å²) in [5, 5.41) is 3.26. The number of nitrogens with one attached hydrogen (secondary N) is 3. The first kappa shape index (κ1) is 34.9. The Morgan fingerprint density at radius 1 is 1.11 bits per heavy atom. The van der Waals surface area contributed by atoms with Crippen LogP contribution in [-0.4, -0.2) is 67.8 Å². The number of hydrogen-bond donors (Lipinski definition) is 3. The molecule has 1 aliphatic carbocycles. The zero-order chi connectivity index (χ0) is 32.8. The molecular formula is C32H45ClN4O7S. The van der Waals surface area contributed by atoms with Crippen molar-refractivity contribution in [1.82, 2.24) is 19.7 Å². The molecule has 3 N–H and O–H groups in total. The number of carbonyl (C=O) groups is 4. The summed E-state index contributed by atoms with van der Waals surface area (Å²) in [6.07, 6.45) is 8.27. The molecule has 1 aromatic carbocycles. The van der Waals surface area contributed by atoms with Crippen LogP contribution in [0.5, 0.6) is 0 Å². The van der Waals surface area contributed by atoms with E-state index in [1.165, 1.54) is 4.90 Å². The first-order chi connectivity index (χ1) is 21.2. The smallest absolute Gasteiger partial charge is 0.408 e. The maximum atomic E-state index is 13.8. The van der Waals surface area contributed by atoms with Gasteiger partial charge in [0.05, 0.1) is 11.5 Å². The highest BCUT2D eigenvalue weighted by Crippen LogP contribution is 2.57. The van der Waals surface area contributed by atoms with Crippen LogP contribution in [0.4, 0.5) is 4.79 Å². The minimum Gasteiger partial charge on any atom is -0.444 e. The maximum Gasteiger partial charge on any atom is 0.408 e. The van der Waals surface area contributed by atoms with Gasteiger partial charge in [0.15, 0.2) is 5.78 Å². The molecule has 11 nitrogen and oxygen atoms in total. The number of ketones is 1. The predicted molar refractivity (Wildman–Crippen MR) is 171 cm³/mol. The average Bonchev–Trinajstić information content (AvgIpc) is 3.39. The van der Waals surface area contributed by atoms with Gasteiger partial charge in [-0.2, -0.15) is 13.1 Å². The molecule has 0 spiro atoms. The fourth-order valence-corrected chi connectivity index (χ4v) is 7.26. The molecule has 0 bridgehead atoms. The molecule has 1 saturated carbocycles. The van der Waals surface area contributed by atoms with Gasteiger partial charge in [0.25, 0.3) is 0 Å². The number of amides is 3. The van der Waals surface area contributed by atoms with Gasteiger partial charge in [-0.1, -0.05) is 48.7 Å². The molecule has 0 aromatic heterocycles. The number of Topliss-reactive ketones (excluding diaryl/α,β-unsaturated/α-hetero) is 1. The average molecular weight is 665 g/mol. The Bertz CT molecular complexity index is 1410. The third-order valence-electron chi connectivity index (χ3n) is 8.53. The number of carbonyl (C=O) groups excluding carboxylic acids is 4. The summed E-state index contributed by atoms with van der Waals surface area (Å²) in [7, 11) is -4.20. The van der Waals surface area contributed by atoms with E-state index in [1.807, 2.05) is 18.2 Å². The number of fused-ring (bicyclic) bond motifs is 2. The van der Waals surface area contributed by atoms with Crippen LogP contribution < -0.4 is 14.8 Å². The molecule has 1 saturated heterocycles. The van der Waals surface area contributed by atoms with E-state index in [-0.39, 0.29) is 30.6 Å². The van der Waals surface area contributed by atoms with Crippen LogP contribution in [0.25, 0.3) is 0 Å². The highest BCUT2D eigenvalue weighted by molar-refractivity contribution is 7.88. The minimum atomic E-state index is -4.20. The van der Waals surface area contributed by atoms with E-state index in [1.54, 1.807) is 39.0 Å². The van der Waals surface area contributed by atoms with Gasteiger partial charge in [-0.15, -0.1) is 0 Å². The van der Waals surface area contributed by atoms with Gasteiger partial charge < -0.3 is 15.0 Å². The molecule has 4 rings (SSSR count). The van der Waals surface area contributed by atoms with Crippen molar-refractivity contribution in [2.45, 2.75) is 103 Å². The molecule has 248 valence electrons. The molecule has 45 heavy (non-hydrogen) atoms. The summed E-state index contributed by atoms with van der Waals surface area (Å²) in [5.41, 5.74) is -1.12. The van der Waals surface area contributed by atoms with E-state index < -0.39 is 45.3 Å². The third kappa shape index (κ3) is 9.76. The first-order valence-corrected chi connectivity index (χ1v) is 17.6. The Kier molecular flexibility index (Phi) is 11.4. The van der Waals surface area contributed by atoms with Gasteiger partial charge in [0.1, 0.15) is 11.6 Å². The number of ether oxygens (including phenoxy) is 1. The fraction of sp³-hybridized carbons (Fsp3) is 0.625. The summed E-state index contributed by atoms with van der Waals surface area (Å²) in [5.74, 6) is -1.66. The van der Waals surface area contributed by atoms with Crippen molar-refractivity contribution in [2.24, 2.45) is 11.3 Å². The second kappa shape index (κ2) is 14.6. The number of nitrogens with zero attached hydrogens (tertiary/aromatic N) is 1. The molecule has 2 aliphatic heterocycles. The van der Waals surface area contributed by atoms with Crippen LogP contribution >= 0.6 is 11.6 Å². The van der Waals surface area contributed by atoms with Crippen LogP contribution in [-0.2, 0) is 35.8 Å². The normalized spacial score (nSPS) is 26.9. The van der Waals surface area contributed by atoms with Crippen molar-refractivity contribution in [1.29, 1.82) is 0 Å². The molecule has 1 aromatic rings. The number of benzene rings is 1. The molecule has 13 heteroatoms. The van der Waals surface area contributed by atoms with Crippen molar-refractivity contribution >= 4 is 45.5 Å². The highest BCUT2D eigenvalue weighted by Gasteiger charge is 2.61. The van der Waals surface area contributed by atoms with Crippen LogP contribution in [0.15, 0.2) is 36.4 Å². The van der Waals surface area contributed by atoms with Gasteiger partial charge in [-0.05, 0) is 89.3 Å². The molecule has 3 amide bonds. The summed E-state index contributed by atoms with van der Waals surface area (Å²) < 4.78 is 35.7. The van der Waals surface area contributed by atoms with E-state index in [0.29, 0.717) is 50.1 Å². The minimum absolute atomic E-state index is 0.0514. The van der Waals surface area contributed by atoms with Crippen molar-refractivity contribution in [3.05, 3.63) is 47.0 Å². The molecule has 2 fully saturated rings. The van der Waals surface area contributed by atoms with Crippen molar-refractivity contribution in [3.8, 4) is 0 Å². The van der Waals surface area contributed by atoms with Gasteiger partial charge >= 0.3 is 16.3 Å². The lowest BCUT2D eigenvalue weighted by atomic mass is 9.91. The monoisotopic (exact) mass is 664 g/mol. The number of rotatable bonds is 7. The lowest BCUT2D eigenvalue weighted by molar-refractivity contribution is -0.140. The number of hydrogen-bond acceptors (Lipinski definition) is 7. The second-order valence-corrected chi connectivity index (χ2v) is 15.2. The van der Waals surface area contributed by atoms with Crippen LogP contribution in [0.2, 0.25) is 5.02 Å². The first-order valence-electron chi connectivity index (χ1n) is 15.7. The summed E-state index contributed by atoms with van der Waals surface area (Å²) in [6, 6.07) is 5.47.